The Hall–Kier alpha value is -0.500. The van der Waals surface area contributed by atoms with Gasteiger partial charge in [-0.15, -0.1) is 0 Å². The summed E-state index contributed by atoms with van der Waals surface area (Å²) in [6.45, 7) is 1.25. The number of ether oxygens (including phenoxy) is 1. The summed E-state index contributed by atoms with van der Waals surface area (Å²) in [6, 6.07) is 0. The number of esters is 1. The lowest BCUT2D eigenvalue weighted by Crippen LogP contribution is -2.36. The van der Waals surface area contributed by atoms with E-state index in [0.29, 0.717) is 0 Å². The van der Waals surface area contributed by atoms with E-state index in [1.54, 1.807) is 0 Å². The number of carbonyl (C=O) groups excluding carboxylic acids is 1. The van der Waals surface area contributed by atoms with Crippen LogP contribution in [0.4, 0.5) is 13.2 Å². The number of hydrogen-bond acceptors (Lipinski definition) is 4. The predicted octanol–water partition coefficient (Wildman–Crippen LogP) is 1.44. The van der Waals surface area contributed by atoms with E-state index >= 15 is 0 Å². The molecule has 0 aliphatic carbocycles. The maximum absolute atomic E-state index is 12.1. The third-order valence-corrected chi connectivity index (χ3v) is 3.12. The van der Waals surface area contributed by atoms with Crippen LogP contribution in [0.2, 0.25) is 0 Å². The molecule has 0 radical (unpaired) electrons. The molecule has 0 N–H and O–H groups in total. The first-order valence-corrected chi connectivity index (χ1v) is 6.12. The zero-order valence-corrected chi connectivity index (χ0v) is 9.12. The second kappa shape index (κ2) is 5.02. The largest absolute Gasteiger partial charge is 0.466 e. The van der Waals surface area contributed by atoms with Gasteiger partial charge in [0.1, 0.15) is 0 Å². The molecule has 1 atom stereocenters. The van der Waals surface area contributed by atoms with E-state index in [0.717, 1.165) is 0 Å². The smallest absolute Gasteiger partial charge is 0.407 e. The van der Waals surface area contributed by atoms with E-state index in [-0.39, 0.29) is 6.61 Å². The van der Waals surface area contributed by atoms with E-state index in [1.807, 2.05) is 0 Å². The first-order chi connectivity index (χ1) is 6.59. The van der Waals surface area contributed by atoms with Crippen LogP contribution in [0.25, 0.3) is 0 Å². The van der Waals surface area contributed by atoms with E-state index in [9.17, 15) is 26.4 Å². The lowest BCUT2D eigenvalue weighted by Gasteiger charge is -2.15. The average molecular weight is 269 g/mol. The lowest BCUT2D eigenvalue weighted by molar-refractivity contribution is -0.154. The van der Waals surface area contributed by atoms with E-state index in [2.05, 4.69) is 15.4 Å². The van der Waals surface area contributed by atoms with Gasteiger partial charge in [-0.3, -0.25) is 4.79 Å². The Labute approximate surface area is 88.8 Å². The van der Waals surface area contributed by atoms with Crippen molar-refractivity contribution in [3.8, 4) is 0 Å². The molecule has 0 bridgehead atoms. The van der Waals surface area contributed by atoms with Gasteiger partial charge >= 0.3 is 12.1 Å². The number of halogens is 4. The summed E-state index contributed by atoms with van der Waals surface area (Å²) in [5.41, 5.74) is 0. The topological polar surface area (TPSA) is 60.4 Å². The molecule has 0 aliphatic heterocycles. The van der Waals surface area contributed by atoms with Crippen LogP contribution in [0.1, 0.15) is 13.3 Å². The molecule has 4 nitrogen and oxygen atoms in total. The molecule has 0 rings (SSSR count). The minimum atomic E-state index is -5.09. The van der Waals surface area contributed by atoms with Crippen molar-refractivity contribution in [2.45, 2.75) is 24.8 Å². The second-order valence-electron chi connectivity index (χ2n) is 2.51. The van der Waals surface area contributed by atoms with Crippen molar-refractivity contribution in [3.05, 3.63) is 0 Å². The fourth-order valence-electron chi connectivity index (χ4n) is 0.746. The van der Waals surface area contributed by atoms with Crippen molar-refractivity contribution >= 4 is 25.7 Å². The molecule has 90 valence electrons. The third kappa shape index (κ3) is 5.22. The van der Waals surface area contributed by atoms with Crippen LogP contribution in [0, 0.1) is 0 Å². The summed E-state index contributed by atoms with van der Waals surface area (Å²) in [6.07, 6.45) is -6.42. The zero-order valence-electron chi connectivity index (χ0n) is 7.54. The summed E-state index contributed by atoms with van der Waals surface area (Å²) < 4.78 is 61.7. The Morgan fingerprint density at radius 2 is 1.93 bits per heavy atom. The number of alkyl halides is 3. The highest BCUT2D eigenvalue weighted by Gasteiger charge is 2.49. The maximum atomic E-state index is 12.1. The van der Waals surface area contributed by atoms with Gasteiger partial charge in [-0.2, -0.15) is 13.2 Å². The highest BCUT2D eigenvalue weighted by atomic mass is 35.7. The lowest BCUT2D eigenvalue weighted by atomic mass is 10.3. The molecule has 1 unspecified atom stereocenters. The third-order valence-electron chi connectivity index (χ3n) is 1.36. The van der Waals surface area contributed by atoms with Gasteiger partial charge < -0.3 is 4.74 Å². The van der Waals surface area contributed by atoms with Crippen LogP contribution in [-0.4, -0.2) is 32.4 Å². The van der Waals surface area contributed by atoms with Crippen molar-refractivity contribution in [1.29, 1.82) is 0 Å². The minimum Gasteiger partial charge on any atom is -0.466 e. The molecule has 15 heavy (non-hydrogen) atoms. The van der Waals surface area contributed by atoms with Crippen LogP contribution in [0.5, 0.6) is 0 Å². The van der Waals surface area contributed by atoms with Crippen LogP contribution in [-0.2, 0) is 18.6 Å². The highest BCUT2D eigenvalue weighted by Crippen LogP contribution is 2.30. The predicted molar refractivity (Wildman–Crippen MR) is 45.9 cm³/mol. The zero-order chi connectivity index (χ0) is 12.3. The Bertz CT molecular complexity index is 324. The normalized spacial score (nSPS) is 14.7. The molecule has 9 heteroatoms. The molecule has 0 saturated heterocycles. The molecule has 0 spiro atoms. The molecule has 0 saturated carbocycles. The van der Waals surface area contributed by atoms with Gasteiger partial charge in [-0.25, -0.2) is 8.42 Å². The SMILES string of the molecule is CCOC(=O)CC(C(F)(F)F)S(=O)(=O)Cl. The van der Waals surface area contributed by atoms with Crippen molar-refractivity contribution in [2.75, 3.05) is 6.61 Å². The van der Waals surface area contributed by atoms with Crippen LogP contribution in [0.15, 0.2) is 0 Å². The standard InChI is InChI=1S/C6H8ClF3O4S/c1-2-14-5(11)3-4(6(8,9)10)15(7,12)13/h4H,2-3H2,1H3. The minimum absolute atomic E-state index is 0.133. The first kappa shape index (κ1) is 14.5. The van der Waals surface area contributed by atoms with Crippen molar-refractivity contribution in [2.24, 2.45) is 0 Å². The van der Waals surface area contributed by atoms with Crippen LogP contribution >= 0.6 is 10.7 Å². The molecule has 0 fully saturated rings. The number of rotatable bonds is 4. The molecule has 0 heterocycles. The van der Waals surface area contributed by atoms with Gasteiger partial charge in [0.2, 0.25) is 9.05 Å². The maximum Gasteiger partial charge on any atom is 0.407 e. The van der Waals surface area contributed by atoms with Gasteiger partial charge in [-0.05, 0) is 6.92 Å². The monoisotopic (exact) mass is 268 g/mol. The van der Waals surface area contributed by atoms with Crippen molar-refractivity contribution in [3.63, 3.8) is 0 Å². The highest BCUT2D eigenvalue weighted by molar-refractivity contribution is 8.14. The fraction of sp³-hybridized carbons (Fsp3) is 0.833. The summed E-state index contributed by atoms with van der Waals surface area (Å²) in [4.78, 5) is 10.7. The van der Waals surface area contributed by atoms with E-state index in [1.165, 1.54) is 6.92 Å². The quantitative estimate of drug-likeness (QED) is 0.572. The Balaban J connectivity index is 4.78. The molecular weight excluding hydrogens is 261 g/mol. The van der Waals surface area contributed by atoms with Crippen molar-refractivity contribution in [1.82, 2.24) is 0 Å². The first-order valence-electron chi connectivity index (χ1n) is 3.74. The van der Waals surface area contributed by atoms with E-state index in [4.69, 9.17) is 0 Å². The molecule has 0 aromatic heterocycles. The summed E-state index contributed by atoms with van der Waals surface area (Å²) in [5, 5.41) is -2.93. The van der Waals surface area contributed by atoms with Crippen LogP contribution < -0.4 is 0 Å². The number of hydrogen-bond donors (Lipinski definition) is 0. The fourth-order valence-corrected chi connectivity index (χ4v) is 1.89. The van der Waals surface area contributed by atoms with Gasteiger partial charge in [0.05, 0.1) is 13.0 Å². The molecule has 0 aliphatic rings. The Kier molecular flexibility index (Phi) is 4.85. The number of carbonyl (C=O) groups is 1. The summed E-state index contributed by atoms with van der Waals surface area (Å²) in [5.74, 6) is -1.26. The van der Waals surface area contributed by atoms with E-state index < -0.39 is 32.9 Å². The molecular formula is C6H8ClF3O4S. The van der Waals surface area contributed by atoms with Gasteiger partial charge in [-0.1, -0.05) is 0 Å². The molecule has 0 amide bonds. The molecule has 0 aromatic carbocycles. The Morgan fingerprint density at radius 1 is 1.47 bits per heavy atom. The van der Waals surface area contributed by atoms with Crippen LogP contribution in [0.3, 0.4) is 0 Å². The second-order valence-corrected chi connectivity index (χ2v) is 5.33. The van der Waals surface area contributed by atoms with Gasteiger partial charge in [0.15, 0.2) is 5.25 Å². The van der Waals surface area contributed by atoms with Gasteiger partial charge in [0.25, 0.3) is 0 Å². The summed E-state index contributed by atoms with van der Waals surface area (Å²) >= 11 is 0. The Morgan fingerprint density at radius 3 is 2.20 bits per heavy atom. The average Bonchev–Trinajstić information content (AvgIpc) is 1.96. The molecule has 0 aromatic rings. The van der Waals surface area contributed by atoms with Gasteiger partial charge in [0, 0.05) is 10.7 Å². The van der Waals surface area contributed by atoms with Crippen molar-refractivity contribution < 1.29 is 31.1 Å². The summed E-state index contributed by atoms with van der Waals surface area (Å²) in [7, 11) is -0.317.